The van der Waals surface area contributed by atoms with Gasteiger partial charge in [0, 0.05) is 37.5 Å². The molecule has 29 heavy (non-hydrogen) atoms. The van der Waals surface area contributed by atoms with E-state index in [0.29, 0.717) is 36.2 Å². The van der Waals surface area contributed by atoms with Gasteiger partial charge in [0.05, 0.1) is 23.5 Å². The van der Waals surface area contributed by atoms with Crippen molar-refractivity contribution in [1.29, 1.82) is 0 Å². The van der Waals surface area contributed by atoms with Gasteiger partial charge in [-0.3, -0.25) is 9.59 Å². The van der Waals surface area contributed by atoms with Gasteiger partial charge in [-0.1, -0.05) is 18.2 Å². The number of amides is 1. The van der Waals surface area contributed by atoms with E-state index < -0.39 is 0 Å². The molecule has 2 aromatic heterocycles. The van der Waals surface area contributed by atoms with Gasteiger partial charge in [0.2, 0.25) is 5.91 Å². The smallest absolute Gasteiger partial charge is 0.258 e. The molecule has 0 aliphatic heterocycles. The third kappa shape index (κ3) is 3.99. The second-order valence-corrected chi connectivity index (χ2v) is 6.78. The molecule has 0 radical (unpaired) electrons. The van der Waals surface area contributed by atoms with Crippen LogP contribution in [0.2, 0.25) is 0 Å². The summed E-state index contributed by atoms with van der Waals surface area (Å²) in [6.45, 7) is 1.18. The molecule has 4 aromatic rings. The lowest BCUT2D eigenvalue weighted by Gasteiger charge is -2.09. The number of para-hydroxylation sites is 1. The lowest BCUT2D eigenvalue weighted by atomic mass is 10.2. The van der Waals surface area contributed by atoms with Crippen LogP contribution in [0.25, 0.3) is 21.8 Å². The number of H-pyrrole nitrogens is 1. The van der Waals surface area contributed by atoms with E-state index >= 15 is 0 Å². The molecule has 0 spiro atoms. The predicted molar refractivity (Wildman–Crippen MR) is 112 cm³/mol. The van der Waals surface area contributed by atoms with Crippen LogP contribution in [0.5, 0.6) is 5.75 Å². The minimum absolute atomic E-state index is 0.0742. The van der Waals surface area contributed by atoms with Crippen LogP contribution in [-0.2, 0) is 17.8 Å². The molecule has 148 valence electrons. The Morgan fingerprint density at radius 1 is 1.14 bits per heavy atom. The van der Waals surface area contributed by atoms with E-state index in [-0.39, 0.29) is 17.9 Å². The summed E-state index contributed by atoms with van der Waals surface area (Å²) in [4.78, 5) is 31.5. The highest BCUT2D eigenvalue weighted by molar-refractivity contribution is 5.86. The predicted octanol–water partition coefficient (Wildman–Crippen LogP) is 2.64. The molecule has 0 unspecified atom stereocenters. The summed E-state index contributed by atoms with van der Waals surface area (Å²) < 4.78 is 7.46. The van der Waals surface area contributed by atoms with E-state index in [4.69, 9.17) is 4.74 Å². The molecule has 7 heteroatoms. The van der Waals surface area contributed by atoms with E-state index in [2.05, 4.69) is 19.9 Å². The molecule has 4 rings (SSSR count). The molecule has 0 aliphatic rings. The Bertz CT molecular complexity index is 1230. The molecule has 0 aliphatic carbocycles. The fourth-order valence-corrected chi connectivity index (χ4v) is 3.46. The van der Waals surface area contributed by atoms with E-state index in [1.54, 1.807) is 25.3 Å². The normalized spacial score (nSPS) is 11.1. The average molecular weight is 390 g/mol. The van der Waals surface area contributed by atoms with Crippen molar-refractivity contribution in [3.63, 3.8) is 0 Å². The number of nitrogens with one attached hydrogen (secondary N) is 2. The van der Waals surface area contributed by atoms with Crippen LogP contribution in [0.3, 0.4) is 0 Å². The van der Waals surface area contributed by atoms with Crippen LogP contribution in [0.15, 0.2) is 59.5 Å². The molecule has 2 N–H and O–H groups in total. The number of hydrogen-bond acceptors (Lipinski definition) is 4. The number of fused-ring (bicyclic) bond motifs is 2. The number of methoxy groups -OCH3 is 1. The van der Waals surface area contributed by atoms with E-state index in [0.717, 1.165) is 16.7 Å². The van der Waals surface area contributed by atoms with Gasteiger partial charge in [0.1, 0.15) is 11.6 Å². The van der Waals surface area contributed by atoms with Crippen molar-refractivity contribution in [2.24, 2.45) is 0 Å². The monoisotopic (exact) mass is 390 g/mol. The van der Waals surface area contributed by atoms with Crippen molar-refractivity contribution in [3.05, 3.63) is 70.9 Å². The highest BCUT2D eigenvalue weighted by Gasteiger charge is 2.08. The molecule has 7 nitrogen and oxygen atoms in total. The van der Waals surface area contributed by atoms with E-state index in [1.807, 2.05) is 36.5 Å². The van der Waals surface area contributed by atoms with Gasteiger partial charge in [-0.25, -0.2) is 4.98 Å². The van der Waals surface area contributed by atoms with Gasteiger partial charge >= 0.3 is 0 Å². The summed E-state index contributed by atoms with van der Waals surface area (Å²) in [5.74, 6) is 1.28. The molecule has 0 atom stereocenters. The zero-order valence-corrected chi connectivity index (χ0v) is 16.1. The number of ether oxygens (including phenoxy) is 1. The second kappa shape index (κ2) is 8.18. The standard InChI is InChI=1S/C22H22N4O3/c1-29-19-8-4-7-18-16(19)11-13-26(18)14-12-23-21(27)10-9-20-24-17-6-3-2-5-15(17)22(28)25-20/h2-8,11,13H,9-10,12,14H2,1H3,(H,23,27)(H,24,25,28). The quantitative estimate of drug-likeness (QED) is 0.508. The first kappa shape index (κ1) is 18.7. The van der Waals surface area contributed by atoms with Crippen LogP contribution in [0.1, 0.15) is 12.2 Å². The number of carbonyl (C=O) groups is 1. The van der Waals surface area contributed by atoms with Crippen LogP contribution in [-0.4, -0.2) is 34.1 Å². The first-order valence-corrected chi connectivity index (χ1v) is 9.52. The van der Waals surface area contributed by atoms with Gasteiger partial charge in [-0.15, -0.1) is 0 Å². The Labute approximate surface area is 167 Å². The molecular weight excluding hydrogens is 368 g/mol. The summed E-state index contributed by atoms with van der Waals surface area (Å²) in [6.07, 6.45) is 2.64. The summed E-state index contributed by atoms with van der Waals surface area (Å²) in [5, 5.41) is 4.53. The first-order chi connectivity index (χ1) is 14.2. The number of benzene rings is 2. The topological polar surface area (TPSA) is 89.0 Å². The average Bonchev–Trinajstić information content (AvgIpc) is 3.15. The van der Waals surface area contributed by atoms with Crippen LogP contribution >= 0.6 is 0 Å². The number of aromatic nitrogens is 3. The van der Waals surface area contributed by atoms with Crippen LogP contribution in [0.4, 0.5) is 0 Å². The lowest BCUT2D eigenvalue weighted by molar-refractivity contribution is -0.121. The SMILES string of the molecule is COc1cccc2c1ccn2CCNC(=O)CCc1nc2ccccc2c(=O)[nH]1. The second-order valence-electron chi connectivity index (χ2n) is 6.78. The summed E-state index contributed by atoms with van der Waals surface area (Å²) in [6, 6.07) is 15.1. The van der Waals surface area contributed by atoms with Crippen LogP contribution in [0, 0.1) is 0 Å². The number of nitrogens with zero attached hydrogens (tertiary/aromatic N) is 2. The van der Waals surface area contributed by atoms with Gasteiger partial charge in [-0.05, 0) is 30.3 Å². The van der Waals surface area contributed by atoms with Gasteiger partial charge in [0.15, 0.2) is 0 Å². The fraction of sp³-hybridized carbons (Fsp3) is 0.227. The maximum absolute atomic E-state index is 12.2. The Balaban J connectivity index is 1.32. The number of aryl methyl sites for hydroxylation is 1. The molecule has 2 aromatic carbocycles. The number of carbonyl (C=O) groups excluding carboxylic acids is 1. The molecule has 0 saturated heterocycles. The van der Waals surface area contributed by atoms with Crippen LogP contribution < -0.4 is 15.6 Å². The van der Waals surface area contributed by atoms with E-state index in [9.17, 15) is 9.59 Å². The summed E-state index contributed by atoms with van der Waals surface area (Å²) in [5.41, 5.74) is 1.53. The number of hydrogen-bond donors (Lipinski definition) is 2. The maximum Gasteiger partial charge on any atom is 0.258 e. The van der Waals surface area contributed by atoms with Crippen molar-refractivity contribution in [2.45, 2.75) is 19.4 Å². The highest BCUT2D eigenvalue weighted by Crippen LogP contribution is 2.25. The minimum Gasteiger partial charge on any atom is -0.496 e. The van der Waals surface area contributed by atoms with Crippen molar-refractivity contribution in [1.82, 2.24) is 19.9 Å². The third-order valence-electron chi connectivity index (χ3n) is 4.92. The summed E-state index contributed by atoms with van der Waals surface area (Å²) >= 11 is 0. The third-order valence-corrected chi connectivity index (χ3v) is 4.92. The minimum atomic E-state index is -0.180. The molecule has 1 amide bonds. The fourth-order valence-electron chi connectivity index (χ4n) is 3.46. The Morgan fingerprint density at radius 3 is 2.86 bits per heavy atom. The Hall–Kier alpha value is -3.61. The lowest BCUT2D eigenvalue weighted by Crippen LogP contribution is -2.27. The maximum atomic E-state index is 12.2. The highest BCUT2D eigenvalue weighted by atomic mass is 16.5. The molecular formula is C22H22N4O3. The number of aromatic amines is 1. The first-order valence-electron chi connectivity index (χ1n) is 9.52. The summed E-state index contributed by atoms with van der Waals surface area (Å²) in [7, 11) is 1.66. The van der Waals surface area contributed by atoms with Crippen molar-refractivity contribution in [3.8, 4) is 5.75 Å². The van der Waals surface area contributed by atoms with Crippen molar-refractivity contribution >= 4 is 27.7 Å². The van der Waals surface area contributed by atoms with Crippen molar-refractivity contribution < 1.29 is 9.53 Å². The van der Waals surface area contributed by atoms with Crippen molar-refractivity contribution in [2.75, 3.05) is 13.7 Å². The molecule has 2 heterocycles. The molecule has 0 bridgehead atoms. The van der Waals surface area contributed by atoms with Gasteiger partial charge < -0.3 is 19.6 Å². The zero-order valence-electron chi connectivity index (χ0n) is 16.1. The molecule has 0 saturated carbocycles. The largest absolute Gasteiger partial charge is 0.496 e. The molecule has 0 fully saturated rings. The zero-order chi connectivity index (χ0) is 20.2. The van der Waals surface area contributed by atoms with E-state index in [1.165, 1.54) is 0 Å². The van der Waals surface area contributed by atoms with Gasteiger partial charge in [0.25, 0.3) is 5.56 Å². The Morgan fingerprint density at radius 2 is 2.00 bits per heavy atom. The number of rotatable bonds is 7. The Kier molecular flexibility index (Phi) is 5.29. The van der Waals surface area contributed by atoms with Gasteiger partial charge in [-0.2, -0.15) is 0 Å².